The van der Waals surface area contributed by atoms with Gasteiger partial charge in [-0.2, -0.15) is 0 Å². The summed E-state index contributed by atoms with van der Waals surface area (Å²) >= 11 is 0. The predicted molar refractivity (Wildman–Crippen MR) is 83.6 cm³/mol. The summed E-state index contributed by atoms with van der Waals surface area (Å²) in [5.74, 6) is 0.757. The van der Waals surface area contributed by atoms with Crippen LogP contribution in [-0.2, 0) is 11.3 Å². The summed E-state index contributed by atoms with van der Waals surface area (Å²) in [6.07, 6.45) is 0.821. The molecule has 1 aliphatic carbocycles. The second kappa shape index (κ2) is 5.57. The number of amides is 2. The fraction of sp³-hybridized carbons (Fsp3) is 0.750. The van der Waals surface area contributed by atoms with E-state index in [2.05, 4.69) is 31.2 Å². The second-order valence-corrected chi connectivity index (χ2v) is 7.02. The number of hydrogen-bond acceptors (Lipinski definition) is 4. The van der Waals surface area contributed by atoms with E-state index in [-0.39, 0.29) is 23.1 Å². The Morgan fingerprint density at radius 3 is 2.55 bits per heavy atom. The van der Waals surface area contributed by atoms with Crippen molar-refractivity contribution in [1.29, 1.82) is 0 Å². The molecule has 6 nitrogen and oxygen atoms in total. The molecule has 1 saturated carbocycles. The van der Waals surface area contributed by atoms with Gasteiger partial charge < -0.3 is 19.5 Å². The Balaban J connectivity index is 1.96. The van der Waals surface area contributed by atoms with E-state index >= 15 is 0 Å². The number of rotatable bonds is 4. The molecule has 1 fully saturated rings. The van der Waals surface area contributed by atoms with Crippen LogP contribution in [0.5, 0.6) is 0 Å². The third-order valence-corrected chi connectivity index (χ3v) is 5.50. The number of aromatic nitrogens is 1. The van der Waals surface area contributed by atoms with Gasteiger partial charge in [0.2, 0.25) is 0 Å². The van der Waals surface area contributed by atoms with Gasteiger partial charge in [-0.05, 0) is 27.2 Å². The zero-order valence-electron chi connectivity index (χ0n) is 14.6. The Bertz CT molecular complexity index is 547. The Hall–Kier alpha value is -1.56. The monoisotopic (exact) mass is 309 g/mol. The van der Waals surface area contributed by atoms with Gasteiger partial charge in [0.05, 0.1) is 17.8 Å². The number of aryl methyl sites for hydroxylation is 2. The zero-order valence-corrected chi connectivity index (χ0v) is 14.6. The molecule has 0 radical (unpaired) electrons. The van der Waals surface area contributed by atoms with Crippen molar-refractivity contribution in [3.05, 3.63) is 17.0 Å². The molecule has 1 aromatic rings. The molecule has 2 unspecified atom stereocenters. The number of carbonyl (C=O) groups is 1. The smallest absolute Gasteiger partial charge is 0.317 e. The molecular formula is C16H27N3O3. The van der Waals surface area contributed by atoms with E-state index in [1.54, 1.807) is 19.1 Å². The first-order valence-corrected chi connectivity index (χ1v) is 7.61. The van der Waals surface area contributed by atoms with Gasteiger partial charge in [-0.15, -0.1) is 0 Å². The molecule has 0 spiro atoms. The third-order valence-electron chi connectivity index (χ3n) is 5.50. The van der Waals surface area contributed by atoms with Gasteiger partial charge in [0.1, 0.15) is 5.76 Å². The molecule has 22 heavy (non-hydrogen) atoms. The van der Waals surface area contributed by atoms with Crippen LogP contribution in [0.1, 0.15) is 44.2 Å². The van der Waals surface area contributed by atoms with Crippen LogP contribution >= 0.6 is 0 Å². The lowest BCUT2D eigenvalue weighted by molar-refractivity contribution is -0.177. The van der Waals surface area contributed by atoms with Crippen molar-refractivity contribution in [3.63, 3.8) is 0 Å². The number of urea groups is 1. The van der Waals surface area contributed by atoms with Crippen LogP contribution in [0.2, 0.25) is 0 Å². The molecule has 0 bridgehead atoms. The summed E-state index contributed by atoms with van der Waals surface area (Å²) < 4.78 is 10.7. The average Bonchev–Trinajstić information content (AvgIpc) is 2.78. The molecule has 2 rings (SSSR count). The molecule has 1 N–H and O–H groups in total. The van der Waals surface area contributed by atoms with Crippen LogP contribution < -0.4 is 5.32 Å². The highest BCUT2D eigenvalue weighted by atomic mass is 16.5. The molecule has 1 aliphatic rings. The SMILES string of the molecule is COC1(C)CC(NC(=O)N(C)Cc2c(C)noc2C)C1(C)C. The Morgan fingerprint density at radius 2 is 2.09 bits per heavy atom. The highest BCUT2D eigenvalue weighted by molar-refractivity contribution is 5.74. The van der Waals surface area contributed by atoms with Gasteiger partial charge in [-0.3, -0.25) is 0 Å². The van der Waals surface area contributed by atoms with Gasteiger partial charge in [-0.1, -0.05) is 19.0 Å². The number of carbonyl (C=O) groups excluding carboxylic acids is 1. The minimum Gasteiger partial charge on any atom is -0.378 e. The van der Waals surface area contributed by atoms with E-state index in [4.69, 9.17) is 9.26 Å². The van der Waals surface area contributed by atoms with Crippen molar-refractivity contribution in [2.45, 2.75) is 59.2 Å². The molecule has 2 atom stereocenters. The molecule has 0 aromatic carbocycles. The van der Waals surface area contributed by atoms with Crippen molar-refractivity contribution in [2.24, 2.45) is 5.41 Å². The maximum absolute atomic E-state index is 12.4. The highest BCUT2D eigenvalue weighted by Crippen LogP contribution is 2.51. The summed E-state index contributed by atoms with van der Waals surface area (Å²) in [5, 5.41) is 7.02. The summed E-state index contributed by atoms with van der Waals surface area (Å²) in [6.45, 7) is 10.6. The topological polar surface area (TPSA) is 67.6 Å². The van der Waals surface area contributed by atoms with E-state index in [0.717, 1.165) is 23.4 Å². The first kappa shape index (κ1) is 16.8. The molecule has 0 saturated heterocycles. The normalized spacial score (nSPS) is 26.4. The number of ether oxygens (including phenoxy) is 1. The highest BCUT2D eigenvalue weighted by Gasteiger charge is 2.58. The van der Waals surface area contributed by atoms with E-state index in [9.17, 15) is 4.79 Å². The van der Waals surface area contributed by atoms with Crippen LogP contribution in [0, 0.1) is 19.3 Å². The van der Waals surface area contributed by atoms with Gasteiger partial charge in [-0.25, -0.2) is 4.79 Å². The summed E-state index contributed by atoms with van der Waals surface area (Å²) in [6, 6.07) is 0.0216. The molecule has 6 heteroatoms. The maximum Gasteiger partial charge on any atom is 0.317 e. The summed E-state index contributed by atoms with van der Waals surface area (Å²) in [4.78, 5) is 14.1. The number of hydrogen-bond donors (Lipinski definition) is 1. The number of nitrogens with zero attached hydrogens (tertiary/aromatic N) is 2. The van der Waals surface area contributed by atoms with Gasteiger partial charge in [0.15, 0.2) is 0 Å². The molecule has 0 aliphatic heterocycles. The molecule has 1 heterocycles. The van der Waals surface area contributed by atoms with E-state index in [1.807, 2.05) is 13.8 Å². The van der Waals surface area contributed by atoms with Gasteiger partial charge >= 0.3 is 6.03 Å². The van der Waals surface area contributed by atoms with Crippen LogP contribution in [0.25, 0.3) is 0 Å². The number of nitrogens with one attached hydrogen (secondary N) is 1. The van der Waals surface area contributed by atoms with E-state index < -0.39 is 0 Å². The average molecular weight is 309 g/mol. The van der Waals surface area contributed by atoms with Crippen molar-refractivity contribution < 1.29 is 14.1 Å². The first-order valence-electron chi connectivity index (χ1n) is 7.61. The fourth-order valence-electron chi connectivity index (χ4n) is 3.02. The minimum absolute atomic E-state index is 0.0868. The van der Waals surface area contributed by atoms with Gasteiger partial charge in [0, 0.05) is 31.2 Å². The van der Waals surface area contributed by atoms with Gasteiger partial charge in [0.25, 0.3) is 0 Å². The minimum atomic E-state index is -0.189. The largest absolute Gasteiger partial charge is 0.378 e. The van der Waals surface area contributed by atoms with Crippen molar-refractivity contribution in [1.82, 2.24) is 15.4 Å². The van der Waals surface area contributed by atoms with E-state index in [1.165, 1.54) is 0 Å². The Labute approximate surface area is 132 Å². The predicted octanol–water partition coefficient (Wildman–Crippen LogP) is 2.64. The molecular weight excluding hydrogens is 282 g/mol. The quantitative estimate of drug-likeness (QED) is 0.928. The zero-order chi connectivity index (χ0) is 16.7. The summed E-state index contributed by atoms with van der Waals surface area (Å²) in [7, 11) is 3.51. The Morgan fingerprint density at radius 1 is 1.45 bits per heavy atom. The first-order chi connectivity index (χ1) is 10.1. The fourth-order valence-corrected chi connectivity index (χ4v) is 3.02. The van der Waals surface area contributed by atoms with Crippen LogP contribution in [0.15, 0.2) is 4.52 Å². The lowest BCUT2D eigenvalue weighted by Crippen LogP contribution is -2.69. The Kier molecular flexibility index (Phi) is 4.26. The van der Waals surface area contributed by atoms with E-state index in [0.29, 0.717) is 6.54 Å². The maximum atomic E-state index is 12.4. The molecule has 1 aromatic heterocycles. The lowest BCUT2D eigenvalue weighted by Gasteiger charge is -2.59. The lowest BCUT2D eigenvalue weighted by atomic mass is 9.56. The number of methoxy groups -OCH3 is 1. The third kappa shape index (κ3) is 2.60. The van der Waals surface area contributed by atoms with Crippen LogP contribution in [-0.4, -0.2) is 41.9 Å². The summed E-state index contributed by atoms with van der Waals surface area (Å²) in [5.41, 5.74) is 1.51. The van der Waals surface area contributed by atoms with Crippen molar-refractivity contribution in [2.75, 3.05) is 14.2 Å². The standard InChI is InChI=1S/C16H27N3O3/c1-10-12(11(2)22-18-10)9-19(6)14(20)17-13-8-16(5,21-7)15(13,3)4/h13H,8-9H2,1-7H3,(H,17,20). The molecule has 124 valence electrons. The molecule has 2 amide bonds. The second-order valence-electron chi connectivity index (χ2n) is 7.02. The van der Waals surface area contributed by atoms with Crippen molar-refractivity contribution in [3.8, 4) is 0 Å². The van der Waals surface area contributed by atoms with Crippen LogP contribution in [0.4, 0.5) is 4.79 Å². The van der Waals surface area contributed by atoms with Crippen molar-refractivity contribution >= 4 is 6.03 Å². The van der Waals surface area contributed by atoms with Crippen LogP contribution in [0.3, 0.4) is 0 Å².